The lowest BCUT2D eigenvalue weighted by Crippen LogP contribution is -2.48. The molecule has 1 N–H and O–H groups in total. The number of ether oxygens (including phenoxy) is 1. The minimum absolute atomic E-state index is 0.212. The number of fused-ring (bicyclic) bond motifs is 1. The van der Waals surface area contributed by atoms with Gasteiger partial charge in [-0.3, -0.25) is 4.90 Å². The lowest BCUT2D eigenvalue weighted by atomic mass is 9.88. The fourth-order valence-electron chi connectivity index (χ4n) is 4.35. The highest BCUT2D eigenvalue weighted by Crippen LogP contribution is 2.41. The molecule has 34 heavy (non-hydrogen) atoms. The van der Waals surface area contributed by atoms with Gasteiger partial charge in [0.1, 0.15) is 11.6 Å². The van der Waals surface area contributed by atoms with Crippen molar-refractivity contribution in [2.75, 3.05) is 24.6 Å². The molecule has 1 atom stereocenters. The average molecular weight is 483 g/mol. The van der Waals surface area contributed by atoms with Gasteiger partial charge in [0.15, 0.2) is 6.61 Å². The average Bonchev–Trinajstić information content (AvgIpc) is 2.84. The Labute approximate surface area is 202 Å². The zero-order chi connectivity index (χ0) is 24.2. The molecule has 2 amide bonds. The predicted octanol–water partition coefficient (Wildman–Crippen LogP) is 5.54. The van der Waals surface area contributed by atoms with Crippen molar-refractivity contribution in [3.05, 3.63) is 94.3 Å². The van der Waals surface area contributed by atoms with Crippen LogP contribution in [0.3, 0.4) is 0 Å². The normalized spacial score (nSPS) is 14.9. The van der Waals surface area contributed by atoms with Crippen molar-refractivity contribution in [1.82, 2.24) is 4.90 Å². The van der Waals surface area contributed by atoms with Crippen LogP contribution in [0, 0.1) is 5.82 Å². The zero-order valence-electron chi connectivity index (χ0n) is 18.6. The molecule has 0 aromatic heterocycles. The number of urea groups is 1. The highest BCUT2D eigenvalue weighted by molar-refractivity contribution is 6.33. The topological polar surface area (TPSA) is 70.1 Å². The monoisotopic (exact) mass is 482 g/mol. The fourth-order valence-corrected chi connectivity index (χ4v) is 4.58. The SMILES string of the molecule is CCN(C(=O)N1CCc2ccccc2C1c1cc(F)ccc1OCC(=O)O)c1ccccc1Cl. The number of aliphatic carboxylic acids is 1. The first-order valence-electron chi connectivity index (χ1n) is 10.9. The number of carboxylic acids is 1. The molecule has 1 heterocycles. The van der Waals surface area contributed by atoms with Crippen LogP contribution in [0.25, 0.3) is 0 Å². The van der Waals surface area contributed by atoms with Crippen molar-refractivity contribution in [2.24, 2.45) is 0 Å². The Morgan fingerprint density at radius 3 is 2.59 bits per heavy atom. The maximum Gasteiger partial charge on any atom is 0.341 e. The second-order valence-electron chi connectivity index (χ2n) is 7.89. The molecule has 0 radical (unpaired) electrons. The van der Waals surface area contributed by atoms with Gasteiger partial charge in [-0.2, -0.15) is 0 Å². The molecule has 0 saturated heterocycles. The van der Waals surface area contributed by atoms with Crippen molar-refractivity contribution in [2.45, 2.75) is 19.4 Å². The summed E-state index contributed by atoms with van der Waals surface area (Å²) in [6.45, 7) is 2.04. The molecule has 3 aromatic rings. The van der Waals surface area contributed by atoms with Gasteiger partial charge < -0.3 is 14.7 Å². The van der Waals surface area contributed by atoms with E-state index in [1.165, 1.54) is 18.2 Å². The second-order valence-corrected chi connectivity index (χ2v) is 8.29. The van der Waals surface area contributed by atoms with Crippen molar-refractivity contribution >= 4 is 29.3 Å². The van der Waals surface area contributed by atoms with Gasteiger partial charge in [-0.05, 0) is 54.8 Å². The molecule has 0 spiro atoms. The van der Waals surface area contributed by atoms with Crippen LogP contribution >= 0.6 is 11.6 Å². The van der Waals surface area contributed by atoms with Gasteiger partial charge in [-0.25, -0.2) is 14.0 Å². The van der Waals surface area contributed by atoms with Crippen LogP contribution in [0.5, 0.6) is 5.75 Å². The third-order valence-corrected chi connectivity index (χ3v) is 6.16. The minimum Gasteiger partial charge on any atom is -0.482 e. The van der Waals surface area contributed by atoms with Crippen LogP contribution in [0.4, 0.5) is 14.9 Å². The maximum absolute atomic E-state index is 14.4. The number of carbonyl (C=O) groups excluding carboxylic acids is 1. The number of anilines is 1. The Morgan fingerprint density at radius 2 is 1.85 bits per heavy atom. The van der Waals surface area contributed by atoms with Crippen molar-refractivity contribution < 1.29 is 23.8 Å². The van der Waals surface area contributed by atoms with E-state index in [4.69, 9.17) is 21.4 Å². The predicted molar refractivity (Wildman–Crippen MR) is 128 cm³/mol. The van der Waals surface area contributed by atoms with Gasteiger partial charge in [0.05, 0.1) is 16.8 Å². The maximum atomic E-state index is 14.4. The standard InChI is InChI=1S/C26H24ClFN2O4/c1-2-29(22-10-6-5-9-21(22)27)26(33)30-14-13-17-7-3-4-8-19(17)25(30)20-15-18(28)11-12-23(20)34-16-24(31)32/h3-12,15,25H,2,13-14,16H2,1H3,(H,31,32). The van der Waals surface area contributed by atoms with E-state index in [0.29, 0.717) is 35.8 Å². The quantitative estimate of drug-likeness (QED) is 0.501. The molecule has 0 saturated carbocycles. The van der Waals surface area contributed by atoms with Gasteiger partial charge >= 0.3 is 12.0 Å². The first kappa shape index (κ1) is 23.6. The number of hydrogen-bond acceptors (Lipinski definition) is 3. The molecule has 1 unspecified atom stereocenters. The summed E-state index contributed by atoms with van der Waals surface area (Å²) >= 11 is 6.39. The minimum atomic E-state index is -1.15. The fraction of sp³-hybridized carbons (Fsp3) is 0.231. The number of amides is 2. The summed E-state index contributed by atoms with van der Waals surface area (Å²) < 4.78 is 19.9. The second kappa shape index (κ2) is 10.1. The first-order valence-corrected chi connectivity index (χ1v) is 11.3. The summed E-state index contributed by atoms with van der Waals surface area (Å²) in [4.78, 5) is 28.3. The van der Waals surface area contributed by atoms with E-state index in [1.807, 2.05) is 37.3 Å². The van der Waals surface area contributed by atoms with Crippen LogP contribution in [0.1, 0.15) is 29.7 Å². The van der Waals surface area contributed by atoms with Crippen LogP contribution in [-0.2, 0) is 11.2 Å². The molecule has 176 valence electrons. The van der Waals surface area contributed by atoms with Crippen LogP contribution in [0.2, 0.25) is 5.02 Å². The molecule has 6 nitrogen and oxygen atoms in total. The van der Waals surface area contributed by atoms with Crippen LogP contribution in [-0.4, -0.2) is 41.7 Å². The molecular weight excluding hydrogens is 459 g/mol. The Hall–Kier alpha value is -3.58. The lowest BCUT2D eigenvalue weighted by molar-refractivity contribution is -0.139. The van der Waals surface area contributed by atoms with Crippen LogP contribution < -0.4 is 9.64 Å². The molecule has 0 aliphatic carbocycles. The van der Waals surface area contributed by atoms with Crippen LogP contribution in [0.15, 0.2) is 66.7 Å². The van der Waals surface area contributed by atoms with E-state index in [1.54, 1.807) is 28.0 Å². The number of nitrogens with zero attached hydrogens (tertiary/aromatic N) is 2. The lowest BCUT2D eigenvalue weighted by Gasteiger charge is -2.40. The number of hydrogen-bond donors (Lipinski definition) is 1. The number of rotatable bonds is 6. The molecule has 0 bridgehead atoms. The largest absolute Gasteiger partial charge is 0.482 e. The van der Waals surface area contributed by atoms with E-state index < -0.39 is 24.4 Å². The Morgan fingerprint density at radius 1 is 1.12 bits per heavy atom. The highest BCUT2D eigenvalue weighted by Gasteiger charge is 2.36. The smallest absolute Gasteiger partial charge is 0.341 e. The van der Waals surface area contributed by atoms with Gasteiger partial charge in [0.25, 0.3) is 0 Å². The third-order valence-electron chi connectivity index (χ3n) is 5.84. The molecule has 1 aliphatic rings. The number of benzene rings is 3. The number of para-hydroxylation sites is 1. The molecular formula is C26H24ClFN2O4. The number of carboxylic acid groups (broad SMARTS) is 1. The van der Waals surface area contributed by atoms with E-state index in [-0.39, 0.29) is 11.8 Å². The summed E-state index contributed by atoms with van der Waals surface area (Å²) in [6, 6.07) is 17.7. The molecule has 3 aromatic carbocycles. The van der Waals surface area contributed by atoms with Gasteiger partial charge in [0, 0.05) is 18.7 Å². The summed E-state index contributed by atoms with van der Waals surface area (Å²) in [5.74, 6) is -1.45. The first-order chi connectivity index (χ1) is 16.4. The number of halogens is 2. The van der Waals surface area contributed by atoms with E-state index >= 15 is 0 Å². The molecule has 1 aliphatic heterocycles. The van der Waals surface area contributed by atoms with E-state index in [2.05, 4.69) is 0 Å². The van der Waals surface area contributed by atoms with E-state index in [0.717, 1.165) is 11.1 Å². The third kappa shape index (κ3) is 4.70. The summed E-state index contributed by atoms with van der Waals surface area (Å²) in [5.41, 5.74) is 2.83. The Bertz CT molecular complexity index is 1220. The molecule has 8 heteroatoms. The number of carbonyl (C=O) groups is 2. The van der Waals surface area contributed by atoms with Gasteiger partial charge in [0.2, 0.25) is 0 Å². The van der Waals surface area contributed by atoms with Gasteiger partial charge in [-0.1, -0.05) is 48.0 Å². The van der Waals surface area contributed by atoms with Crippen molar-refractivity contribution in [3.63, 3.8) is 0 Å². The summed E-state index contributed by atoms with van der Waals surface area (Å²) in [6.07, 6.45) is 0.624. The summed E-state index contributed by atoms with van der Waals surface area (Å²) in [7, 11) is 0. The van der Waals surface area contributed by atoms with Gasteiger partial charge in [-0.15, -0.1) is 0 Å². The van der Waals surface area contributed by atoms with Crippen molar-refractivity contribution in [1.29, 1.82) is 0 Å². The molecule has 4 rings (SSSR count). The Kier molecular flexibility index (Phi) is 7.03. The zero-order valence-corrected chi connectivity index (χ0v) is 19.3. The van der Waals surface area contributed by atoms with E-state index in [9.17, 15) is 14.0 Å². The summed E-state index contributed by atoms with van der Waals surface area (Å²) in [5, 5.41) is 9.55. The Balaban J connectivity index is 1.83. The van der Waals surface area contributed by atoms with Crippen molar-refractivity contribution in [3.8, 4) is 5.75 Å². The highest BCUT2D eigenvalue weighted by atomic mass is 35.5. The molecule has 0 fully saturated rings.